The third kappa shape index (κ3) is 4.65. The second-order valence-corrected chi connectivity index (χ2v) is 8.73. The molecular formula is C15H25N5O4S. The Morgan fingerprint density at radius 2 is 2.00 bits per heavy atom. The van der Waals surface area contributed by atoms with Crippen molar-refractivity contribution in [3.63, 3.8) is 0 Å². The molecule has 1 amide bonds. The van der Waals surface area contributed by atoms with Gasteiger partial charge < -0.3 is 15.0 Å². The first-order valence-electron chi connectivity index (χ1n) is 7.91. The summed E-state index contributed by atoms with van der Waals surface area (Å²) in [4.78, 5) is 22.7. The Bertz CT molecular complexity index is 735. The number of ether oxygens (including phenoxy) is 1. The van der Waals surface area contributed by atoms with Gasteiger partial charge in [0.25, 0.3) is 5.91 Å². The molecule has 2 heterocycles. The smallest absolute Gasteiger partial charge is 0.255 e. The molecule has 0 radical (unpaired) electrons. The molecule has 1 aromatic rings. The van der Waals surface area contributed by atoms with Crippen LogP contribution in [0.1, 0.15) is 16.1 Å². The zero-order chi connectivity index (χ0) is 18.8. The second kappa shape index (κ2) is 7.63. The summed E-state index contributed by atoms with van der Waals surface area (Å²) in [6.07, 6.45) is 1.48. The summed E-state index contributed by atoms with van der Waals surface area (Å²) in [6, 6.07) is -0.366. The van der Waals surface area contributed by atoms with Gasteiger partial charge >= 0.3 is 0 Å². The first-order valence-corrected chi connectivity index (χ1v) is 9.52. The largest absolute Gasteiger partial charge is 0.379 e. The van der Waals surface area contributed by atoms with E-state index in [-0.39, 0.29) is 30.2 Å². The first-order chi connectivity index (χ1) is 11.6. The molecule has 0 spiro atoms. The predicted molar refractivity (Wildman–Crippen MR) is 94.1 cm³/mol. The molecule has 1 aliphatic heterocycles. The molecule has 1 fully saturated rings. The maximum absolute atomic E-state index is 12.5. The average molecular weight is 371 g/mol. The van der Waals surface area contributed by atoms with E-state index in [0.717, 1.165) is 0 Å². The molecule has 1 aromatic heterocycles. The highest BCUT2D eigenvalue weighted by Gasteiger charge is 2.34. The van der Waals surface area contributed by atoms with E-state index in [9.17, 15) is 13.2 Å². The molecule has 2 rings (SSSR count). The predicted octanol–water partition coefficient (Wildman–Crippen LogP) is -0.513. The van der Waals surface area contributed by atoms with E-state index >= 15 is 0 Å². The molecule has 1 saturated heterocycles. The van der Waals surface area contributed by atoms with Crippen LogP contribution in [0.3, 0.4) is 0 Å². The molecule has 0 aliphatic carbocycles. The summed E-state index contributed by atoms with van der Waals surface area (Å²) in [5, 5.41) is 2.86. The summed E-state index contributed by atoms with van der Waals surface area (Å²) in [5.41, 5.74) is 0.930. The van der Waals surface area contributed by atoms with Crippen molar-refractivity contribution in [1.29, 1.82) is 0 Å². The lowest BCUT2D eigenvalue weighted by Crippen LogP contribution is -2.43. The summed E-state index contributed by atoms with van der Waals surface area (Å²) in [7, 11) is 3.26. The van der Waals surface area contributed by atoms with Gasteiger partial charge in [-0.1, -0.05) is 0 Å². The molecule has 140 valence electrons. The highest BCUT2D eigenvalue weighted by atomic mass is 32.2. The fourth-order valence-corrected chi connectivity index (χ4v) is 3.65. The van der Waals surface area contributed by atoms with E-state index in [1.165, 1.54) is 24.6 Å². The normalized spacial score (nSPS) is 20.7. The molecular weight excluding hydrogens is 346 g/mol. The van der Waals surface area contributed by atoms with Crippen LogP contribution in [0, 0.1) is 12.8 Å². The van der Waals surface area contributed by atoms with Crippen LogP contribution < -0.4 is 10.2 Å². The number of sulfonamides is 1. The van der Waals surface area contributed by atoms with Gasteiger partial charge in [0.05, 0.1) is 36.3 Å². The monoisotopic (exact) mass is 371 g/mol. The zero-order valence-corrected chi connectivity index (χ0v) is 16.0. The number of nitrogens with one attached hydrogen (secondary N) is 1. The summed E-state index contributed by atoms with van der Waals surface area (Å²) in [5.74, 6) is -0.169. The number of anilines is 1. The average Bonchev–Trinajstić information content (AvgIpc) is 2.92. The highest BCUT2D eigenvalue weighted by Crippen LogP contribution is 2.18. The van der Waals surface area contributed by atoms with Crippen LogP contribution >= 0.6 is 0 Å². The molecule has 9 nitrogen and oxygen atoms in total. The second-order valence-electron chi connectivity index (χ2n) is 6.50. The molecule has 10 heteroatoms. The number of carbonyl (C=O) groups is 1. The Morgan fingerprint density at radius 1 is 1.32 bits per heavy atom. The Kier molecular flexibility index (Phi) is 5.96. The third-order valence-corrected chi connectivity index (χ3v) is 6.07. The molecule has 25 heavy (non-hydrogen) atoms. The van der Waals surface area contributed by atoms with Gasteiger partial charge in [0.2, 0.25) is 16.0 Å². The van der Waals surface area contributed by atoms with Crippen molar-refractivity contribution in [3.05, 3.63) is 17.5 Å². The third-order valence-electron chi connectivity index (χ3n) is 4.11. The van der Waals surface area contributed by atoms with Gasteiger partial charge in [0.15, 0.2) is 0 Å². The quantitative estimate of drug-likeness (QED) is 0.718. The molecule has 0 bridgehead atoms. The topological polar surface area (TPSA) is 105 Å². The number of rotatable bonds is 6. The van der Waals surface area contributed by atoms with Crippen molar-refractivity contribution in [3.8, 4) is 0 Å². The minimum atomic E-state index is -3.37. The van der Waals surface area contributed by atoms with E-state index in [1.807, 2.05) is 14.1 Å². The lowest BCUT2D eigenvalue weighted by molar-refractivity contribution is 0.0924. The number of nitrogens with zero attached hydrogens (tertiary/aromatic N) is 4. The Balaban J connectivity index is 2.09. The van der Waals surface area contributed by atoms with E-state index < -0.39 is 10.0 Å². The number of hydrogen-bond donors (Lipinski definition) is 1. The van der Waals surface area contributed by atoms with Crippen LogP contribution in [0.25, 0.3) is 0 Å². The fraction of sp³-hybridized carbons (Fsp3) is 0.667. The van der Waals surface area contributed by atoms with E-state index in [0.29, 0.717) is 23.8 Å². The Morgan fingerprint density at radius 3 is 2.56 bits per heavy atom. The van der Waals surface area contributed by atoms with E-state index in [1.54, 1.807) is 11.8 Å². The highest BCUT2D eigenvalue weighted by molar-refractivity contribution is 7.89. The van der Waals surface area contributed by atoms with Crippen LogP contribution in [0.15, 0.2) is 6.20 Å². The standard InChI is InChI=1S/C15H25N5O4S/c1-10-12(6-16-15(17-10)19(2)3)14(21)18-13-8-24-7-11(13)9-25(22,23)20(4)5/h6,11,13H,7-9H2,1-5H3,(H,18,21)/t11-,13-/m0/s1. The van der Waals surface area contributed by atoms with E-state index in [4.69, 9.17) is 4.74 Å². The van der Waals surface area contributed by atoms with Crippen LogP contribution in [0.4, 0.5) is 5.95 Å². The lowest BCUT2D eigenvalue weighted by Gasteiger charge is -2.21. The van der Waals surface area contributed by atoms with Crippen molar-refractivity contribution in [2.45, 2.75) is 13.0 Å². The number of amides is 1. The number of carbonyl (C=O) groups excluding carboxylic acids is 1. The van der Waals surface area contributed by atoms with Crippen LogP contribution in [-0.4, -0.2) is 81.8 Å². The van der Waals surface area contributed by atoms with Gasteiger partial charge in [-0.25, -0.2) is 22.7 Å². The zero-order valence-electron chi connectivity index (χ0n) is 15.2. The fourth-order valence-electron chi connectivity index (χ4n) is 2.48. The SMILES string of the molecule is Cc1nc(N(C)C)ncc1C(=O)N[C@H]1COC[C@H]1CS(=O)(=O)N(C)C. The van der Waals surface area contributed by atoms with Gasteiger partial charge in [-0.3, -0.25) is 4.79 Å². The molecule has 0 saturated carbocycles. The van der Waals surface area contributed by atoms with Gasteiger partial charge in [-0.15, -0.1) is 0 Å². The minimum Gasteiger partial charge on any atom is -0.379 e. The molecule has 0 unspecified atom stereocenters. The summed E-state index contributed by atoms with van der Waals surface area (Å²) in [6.45, 7) is 2.32. The number of aromatic nitrogens is 2. The molecule has 1 N–H and O–H groups in total. The summed E-state index contributed by atoms with van der Waals surface area (Å²) >= 11 is 0. The Labute approximate surface area is 148 Å². The maximum Gasteiger partial charge on any atom is 0.255 e. The summed E-state index contributed by atoms with van der Waals surface area (Å²) < 4.78 is 30.7. The van der Waals surface area contributed by atoms with Crippen LogP contribution in [0.5, 0.6) is 0 Å². The van der Waals surface area contributed by atoms with Crippen molar-refractivity contribution in [1.82, 2.24) is 19.6 Å². The molecule has 1 aliphatic rings. The van der Waals surface area contributed by atoms with E-state index in [2.05, 4.69) is 15.3 Å². The van der Waals surface area contributed by atoms with Crippen molar-refractivity contribution < 1.29 is 17.9 Å². The van der Waals surface area contributed by atoms with Crippen molar-refractivity contribution in [2.75, 3.05) is 52.1 Å². The lowest BCUT2D eigenvalue weighted by atomic mass is 10.1. The first kappa shape index (κ1) is 19.5. The van der Waals surface area contributed by atoms with Crippen molar-refractivity contribution in [2.24, 2.45) is 5.92 Å². The Hall–Kier alpha value is -1.78. The maximum atomic E-state index is 12.5. The van der Waals surface area contributed by atoms with Crippen molar-refractivity contribution >= 4 is 21.9 Å². The number of aryl methyl sites for hydroxylation is 1. The van der Waals surface area contributed by atoms with Gasteiger partial charge in [0, 0.05) is 40.3 Å². The molecule has 0 aromatic carbocycles. The van der Waals surface area contributed by atoms with Crippen LogP contribution in [-0.2, 0) is 14.8 Å². The minimum absolute atomic E-state index is 0.0694. The van der Waals surface area contributed by atoms with Crippen LogP contribution in [0.2, 0.25) is 0 Å². The van der Waals surface area contributed by atoms with Gasteiger partial charge in [-0.05, 0) is 6.92 Å². The van der Waals surface area contributed by atoms with Gasteiger partial charge in [0.1, 0.15) is 0 Å². The number of hydrogen-bond acceptors (Lipinski definition) is 7. The molecule has 2 atom stereocenters. The van der Waals surface area contributed by atoms with Gasteiger partial charge in [-0.2, -0.15) is 0 Å².